The van der Waals surface area contributed by atoms with Crippen LogP contribution in [0.15, 0.2) is 170 Å². The van der Waals surface area contributed by atoms with Gasteiger partial charge in [0.25, 0.3) is 0 Å². The Labute approximate surface area is 287 Å². The van der Waals surface area contributed by atoms with Crippen LogP contribution in [0.2, 0.25) is 0 Å². The van der Waals surface area contributed by atoms with Gasteiger partial charge in [0, 0.05) is 21.2 Å². The van der Waals surface area contributed by atoms with Gasteiger partial charge < -0.3 is 13.9 Å². The second-order valence-electron chi connectivity index (χ2n) is 9.60. The van der Waals surface area contributed by atoms with Gasteiger partial charge in [0.05, 0.1) is 10.6 Å². The molecule has 0 N–H and O–H groups in total. The quantitative estimate of drug-likeness (QED) is 0.163. The predicted molar refractivity (Wildman–Crippen MR) is 172 cm³/mol. The van der Waals surface area contributed by atoms with Crippen LogP contribution >= 0.6 is 14.3 Å². The van der Waals surface area contributed by atoms with E-state index in [1.165, 1.54) is 0 Å². The second-order valence-corrected chi connectivity index (χ2v) is 15.1. The molecule has 6 aromatic carbocycles. The zero-order valence-electron chi connectivity index (χ0n) is 22.7. The van der Waals surface area contributed by atoms with Crippen molar-refractivity contribution in [3.8, 4) is 11.5 Å². The fourth-order valence-electron chi connectivity index (χ4n) is 5.13. The summed E-state index contributed by atoms with van der Waals surface area (Å²) >= 11 is 0. The minimum atomic E-state index is -3.32. The summed E-state index contributed by atoms with van der Waals surface area (Å²) < 4.78 is 37.1. The molecular formula is C36H28EuO3P2+3. The van der Waals surface area contributed by atoms with Gasteiger partial charge in [-0.1, -0.05) is 146 Å². The molecule has 0 heterocycles. The maximum absolute atomic E-state index is 15.2. The minimum Gasteiger partial charge on any atom is -0.456 e. The van der Waals surface area contributed by atoms with E-state index in [1.54, 1.807) is 0 Å². The Kier molecular flexibility index (Phi) is 9.94. The summed E-state index contributed by atoms with van der Waals surface area (Å²) in [6, 6.07) is 53.0. The van der Waals surface area contributed by atoms with E-state index in [9.17, 15) is 0 Å². The molecule has 0 bridgehead atoms. The molecule has 0 fully saturated rings. The topological polar surface area (TPSA) is 43.4 Å². The van der Waals surface area contributed by atoms with E-state index in [2.05, 4.69) is 0 Å². The van der Waals surface area contributed by atoms with Gasteiger partial charge in [0.2, 0.25) is 0 Å². The maximum Gasteiger partial charge on any atom is 3.00 e. The molecule has 0 aromatic heterocycles. The van der Waals surface area contributed by atoms with E-state index in [1.807, 2.05) is 170 Å². The van der Waals surface area contributed by atoms with Crippen molar-refractivity contribution in [1.29, 1.82) is 0 Å². The molecular weight excluding hydrogens is 694 g/mol. The SMILES string of the molecule is O=P(c1ccccc1)(c1ccccc1)c1ccccc1Oc1ccccc1P(=O)(c1ccccc1)c1ccccc1.[Eu+3]. The minimum absolute atomic E-state index is 0. The molecule has 0 aliphatic carbocycles. The third-order valence-corrected chi connectivity index (χ3v) is 13.3. The molecule has 204 valence electrons. The Balaban J connectivity index is 0.00000353. The van der Waals surface area contributed by atoms with Crippen molar-refractivity contribution in [2.24, 2.45) is 0 Å². The molecule has 42 heavy (non-hydrogen) atoms. The fraction of sp³-hybridized carbons (Fsp3) is 0. The summed E-state index contributed by atoms with van der Waals surface area (Å²) in [4.78, 5) is 0. The van der Waals surface area contributed by atoms with Crippen molar-refractivity contribution in [3.05, 3.63) is 170 Å². The van der Waals surface area contributed by atoms with Gasteiger partial charge >= 0.3 is 49.4 Å². The number of rotatable bonds is 8. The van der Waals surface area contributed by atoms with Crippen LogP contribution in [0.4, 0.5) is 0 Å². The molecule has 0 amide bonds. The molecule has 6 heteroatoms. The third kappa shape index (κ3) is 5.85. The molecule has 0 atom stereocenters. The van der Waals surface area contributed by atoms with Crippen molar-refractivity contribution in [3.63, 3.8) is 0 Å². The van der Waals surface area contributed by atoms with Crippen LogP contribution in [-0.4, -0.2) is 0 Å². The summed E-state index contributed by atoms with van der Waals surface area (Å²) in [6.07, 6.45) is 0. The standard InChI is InChI=1S/C36H28O3P2.Eu/c37-40(29-17-5-1-6-18-29,30-19-7-2-8-20-30)35-27-15-13-25-33(35)39-34-26-14-16-28-36(34)41(38,31-21-9-3-10-22-31)32-23-11-4-12-24-32;/h1-28H;/q;+3. The molecule has 0 aliphatic rings. The first-order valence-electron chi connectivity index (χ1n) is 13.4. The number of para-hydroxylation sites is 2. The number of ether oxygens (including phenoxy) is 1. The average molecular weight is 723 g/mol. The van der Waals surface area contributed by atoms with Gasteiger partial charge in [-0.05, 0) is 24.3 Å². The molecule has 0 spiro atoms. The normalized spacial score (nSPS) is 11.3. The van der Waals surface area contributed by atoms with Crippen LogP contribution < -0.4 is 36.6 Å². The summed E-state index contributed by atoms with van der Waals surface area (Å²) in [7, 11) is -6.63. The molecule has 0 radical (unpaired) electrons. The molecule has 6 aromatic rings. The van der Waals surface area contributed by atoms with Crippen LogP contribution in [-0.2, 0) is 9.13 Å². The first-order valence-corrected chi connectivity index (χ1v) is 16.8. The maximum atomic E-state index is 15.2. The second kappa shape index (κ2) is 13.6. The van der Waals surface area contributed by atoms with E-state index >= 15 is 9.13 Å². The van der Waals surface area contributed by atoms with E-state index in [-0.39, 0.29) is 49.4 Å². The van der Waals surface area contributed by atoms with Gasteiger partial charge in [-0.25, -0.2) is 0 Å². The fourth-order valence-corrected chi connectivity index (χ4v) is 10.7. The monoisotopic (exact) mass is 723 g/mol. The number of benzene rings is 6. The van der Waals surface area contributed by atoms with Gasteiger partial charge in [-0.15, -0.1) is 0 Å². The third-order valence-electron chi connectivity index (χ3n) is 7.11. The van der Waals surface area contributed by atoms with Crippen molar-refractivity contribution in [1.82, 2.24) is 0 Å². The van der Waals surface area contributed by atoms with Crippen LogP contribution in [0.25, 0.3) is 0 Å². The zero-order valence-corrected chi connectivity index (χ0v) is 26.9. The van der Waals surface area contributed by atoms with Crippen LogP contribution in [0.5, 0.6) is 11.5 Å². The zero-order chi connectivity index (χ0) is 28.1. The largest absolute Gasteiger partial charge is 3.00 e. The summed E-state index contributed by atoms with van der Waals surface area (Å²) in [5.41, 5.74) is 0. The molecule has 0 unspecified atom stereocenters. The summed E-state index contributed by atoms with van der Waals surface area (Å²) in [5, 5.41) is 4.04. The van der Waals surface area contributed by atoms with Crippen LogP contribution in [0, 0.1) is 49.4 Å². The first kappa shape index (κ1) is 30.6. The van der Waals surface area contributed by atoms with Crippen molar-refractivity contribution >= 4 is 46.1 Å². The summed E-state index contributed by atoms with van der Waals surface area (Å²) in [5.74, 6) is 0.923. The Morgan fingerprint density at radius 3 is 0.857 bits per heavy atom. The number of hydrogen-bond acceptors (Lipinski definition) is 3. The van der Waals surface area contributed by atoms with Gasteiger partial charge in [-0.2, -0.15) is 0 Å². The molecule has 0 saturated heterocycles. The average Bonchev–Trinajstić information content (AvgIpc) is 3.06. The Morgan fingerprint density at radius 1 is 0.333 bits per heavy atom. The van der Waals surface area contributed by atoms with Gasteiger partial charge in [0.15, 0.2) is 14.3 Å². The smallest absolute Gasteiger partial charge is 0.456 e. The van der Waals surface area contributed by atoms with Crippen molar-refractivity contribution in [2.75, 3.05) is 0 Å². The van der Waals surface area contributed by atoms with E-state index in [4.69, 9.17) is 4.74 Å². The van der Waals surface area contributed by atoms with Crippen LogP contribution in [0.1, 0.15) is 0 Å². The van der Waals surface area contributed by atoms with Crippen molar-refractivity contribution < 1.29 is 63.2 Å². The van der Waals surface area contributed by atoms with Gasteiger partial charge in [-0.3, -0.25) is 0 Å². The number of hydrogen-bond donors (Lipinski definition) is 0. The van der Waals surface area contributed by atoms with Crippen molar-refractivity contribution in [2.45, 2.75) is 0 Å². The van der Waals surface area contributed by atoms with Gasteiger partial charge in [0.1, 0.15) is 11.5 Å². The first-order chi connectivity index (χ1) is 20.1. The van der Waals surface area contributed by atoms with E-state index < -0.39 is 14.3 Å². The Morgan fingerprint density at radius 2 is 0.571 bits per heavy atom. The predicted octanol–water partition coefficient (Wildman–Crippen LogP) is 6.76. The Hall–Kier alpha value is -2.84. The van der Waals surface area contributed by atoms with E-state index in [0.717, 1.165) is 21.2 Å². The molecule has 0 aliphatic heterocycles. The Bertz CT molecular complexity index is 1640. The van der Waals surface area contributed by atoms with E-state index in [0.29, 0.717) is 22.1 Å². The molecule has 6 rings (SSSR count). The summed E-state index contributed by atoms with van der Waals surface area (Å²) in [6.45, 7) is 0. The molecule has 0 saturated carbocycles. The van der Waals surface area contributed by atoms with Crippen LogP contribution in [0.3, 0.4) is 0 Å². The molecule has 3 nitrogen and oxygen atoms in total.